The second kappa shape index (κ2) is 5.75. The fourth-order valence-electron chi connectivity index (χ4n) is 1.92. The lowest BCUT2D eigenvalue weighted by Gasteiger charge is -2.05. The summed E-state index contributed by atoms with van der Waals surface area (Å²) in [7, 11) is -3.28. The predicted molar refractivity (Wildman–Crippen MR) is 67.3 cm³/mol. The normalized spacial score (nSPS) is 22.9. The number of hydrogen-bond donors (Lipinski definition) is 1. The zero-order valence-electron chi connectivity index (χ0n) is 10.0. The van der Waals surface area contributed by atoms with E-state index in [4.69, 9.17) is 0 Å². The molecule has 0 aromatic carbocycles. The zero-order valence-corrected chi connectivity index (χ0v) is 10.9. The Kier molecular flexibility index (Phi) is 4.29. The van der Waals surface area contributed by atoms with Gasteiger partial charge in [-0.05, 0) is 30.4 Å². The Morgan fingerprint density at radius 3 is 2.83 bits per heavy atom. The highest BCUT2D eigenvalue weighted by atomic mass is 32.2. The Balaban J connectivity index is 1.72. The van der Waals surface area contributed by atoms with Gasteiger partial charge in [-0.2, -0.15) is 0 Å². The van der Waals surface area contributed by atoms with E-state index in [0.717, 1.165) is 5.69 Å². The second-order valence-corrected chi connectivity index (χ2v) is 6.51. The number of nitrogens with one attached hydrogen (secondary N) is 1. The van der Waals surface area contributed by atoms with Crippen LogP contribution in [0.4, 0.5) is 4.39 Å². The van der Waals surface area contributed by atoms with E-state index in [1.54, 1.807) is 6.20 Å². The summed E-state index contributed by atoms with van der Waals surface area (Å²) < 4.78 is 38.1. The molecule has 100 valence electrons. The van der Waals surface area contributed by atoms with Gasteiger partial charge in [-0.15, -0.1) is 0 Å². The molecule has 0 amide bonds. The summed E-state index contributed by atoms with van der Waals surface area (Å²) in [6, 6.07) is 5.54. The van der Waals surface area contributed by atoms with E-state index in [0.29, 0.717) is 19.4 Å². The molecule has 1 aliphatic carbocycles. The first kappa shape index (κ1) is 13.4. The summed E-state index contributed by atoms with van der Waals surface area (Å²) in [6.45, 7) is -0.0690. The van der Waals surface area contributed by atoms with Crippen molar-refractivity contribution in [3.05, 3.63) is 30.1 Å². The first-order valence-electron chi connectivity index (χ1n) is 6.04. The number of nitrogens with zero attached hydrogens (tertiary/aromatic N) is 1. The SMILES string of the molecule is O=S(=O)(C[C@@H]1C[C@H]1CF)NCCc1ccccn1. The first-order valence-corrected chi connectivity index (χ1v) is 7.69. The lowest BCUT2D eigenvalue weighted by molar-refractivity contribution is 0.444. The molecule has 1 aromatic heterocycles. The molecule has 18 heavy (non-hydrogen) atoms. The van der Waals surface area contributed by atoms with Crippen LogP contribution < -0.4 is 4.72 Å². The van der Waals surface area contributed by atoms with Crippen LogP contribution in [0.15, 0.2) is 24.4 Å². The molecule has 4 nitrogen and oxygen atoms in total. The maximum absolute atomic E-state index is 12.3. The molecule has 2 rings (SSSR count). The van der Waals surface area contributed by atoms with Crippen molar-refractivity contribution in [1.82, 2.24) is 9.71 Å². The van der Waals surface area contributed by atoms with E-state index in [-0.39, 0.29) is 17.6 Å². The summed E-state index contributed by atoms with van der Waals surface area (Å²) in [5.41, 5.74) is 0.855. The van der Waals surface area contributed by atoms with Crippen LogP contribution in [0.2, 0.25) is 0 Å². The Morgan fingerprint density at radius 2 is 2.22 bits per heavy atom. The van der Waals surface area contributed by atoms with E-state index in [1.807, 2.05) is 18.2 Å². The Morgan fingerprint density at radius 1 is 1.39 bits per heavy atom. The lowest BCUT2D eigenvalue weighted by Crippen LogP contribution is -2.29. The van der Waals surface area contributed by atoms with Crippen LogP contribution in [0.1, 0.15) is 12.1 Å². The third kappa shape index (κ3) is 4.03. The van der Waals surface area contributed by atoms with Gasteiger partial charge in [0.1, 0.15) is 0 Å². The van der Waals surface area contributed by atoms with Gasteiger partial charge in [0, 0.05) is 24.9 Å². The van der Waals surface area contributed by atoms with Crippen LogP contribution in [-0.4, -0.2) is 32.4 Å². The topological polar surface area (TPSA) is 59.1 Å². The van der Waals surface area contributed by atoms with Gasteiger partial charge in [-0.3, -0.25) is 9.37 Å². The van der Waals surface area contributed by atoms with E-state index < -0.39 is 16.7 Å². The van der Waals surface area contributed by atoms with Gasteiger partial charge in [0.2, 0.25) is 10.0 Å². The lowest BCUT2D eigenvalue weighted by atomic mass is 10.3. The zero-order chi connectivity index (χ0) is 13.0. The minimum Gasteiger partial charge on any atom is -0.261 e. The minimum absolute atomic E-state index is 0.00218. The van der Waals surface area contributed by atoms with Gasteiger partial charge in [-0.25, -0.2) is 13.1 Å². The Hall–Kier alpha value is -1.01. The number of rotatable bonds is 7. The van der Waals surface area contributed by atoms with Crippen LogP contribution in [0.25, 0.3) is 0 Å². The fraction of sp³-hybridized carbons (Fsp3) is 0.583. The number of pyridine rings is 1. The van der Waals surface area contributed by atoms with Crippen molar-refractivity contribution in [1.29, 1.82) is 0 Å². The molecule has 6 heteroatoms. The molecule has 2 atom stereocenters. The standard InChI is InChI=1S/C12H17FN2O2S/c13-8-10-7-11(10)9-18(16,17)15-6-4-12-3-1-2-5-14-12/h1-3,5,10-11,15H,4,6-9H2/t10-,11-/m0/s1. The van der Waals surface area contributed by atoms with Crippen molar-refractivity contribution in [2.24, 2.45) is 11.8 Å². The highest BCUT2D eigenvalue weighted by Gasteiger charge is 2.39. The van der Waals surface area contributed by atoms with Gasteiger partial charge in [-0.1, -0.05) is 6.07 Å². The minimum atomic E-state index is -3.28. The Bertz CT molecular complexity index is 478. The van der Waals surface area contributed by atoms with Crippen LogP contribution in [0.3, 0.4) is 0 Å². The number of halogens is 1. The molecule has 0 aliphatic heterocycles. The van der Waals surface area contributed by atoms with Crippen molar-refractivity contribution < 1.29 is 12.8 Å². The molecular weight excluding hydrogens is 255 g/mol. The average molecular weight is 272 g/mol. The van der Waals surface area contributed by atoms with Crippen LogP contribution >= 0.6 is 0 Å². The van der Waals surface area contributed by atoms with Crippen LogP contribution in [0.5, 0.6) is 0 Å². The molecule has 1 fully saturated rings. The van der Waals surface area contributed by atoms with Gasteiger partial charge in [0.15, 0.2) is 0 Å². The summed E-state index contributed by atoms with van der Waals surface area (Å²) in [6.07, 6.45) is 2.94. The molecule has 0 spiro atoms. The van der Waals surface area contributed by atoms with Gasteiger partial charge >= 0.3 is 0 Å². The maximum atomic E-state index is 12.3. The van der Waals surface area contributed by atoms with Crippen LogP contribution in [0, 0.1) is 11.8 Å². The molecule has 1 aromatic rings. The quantitative estimate of drug-likeness (QED) is 0.810. The summed E-state index contributed by atoms with van der Waals surface area (Å²) in [4.78, 5) is 4.11. The molecule has 0 unspecified atom stereocenters. The van der Waals surface area contributed by atoms with Gasteiger partial charge < -0.3 is 0 Å². The fourth-order valence-corrected chi connectivity index (χ4v) is 3.43. The van der Waals surface area contributed by atoms with Crippen LogP contribution in [-0.2, 0) is 16.4 Å². The molecule has 1 saturated carbocycles. The van der Waals surface area contributed by atoms with Crippen molar-refractivity contribution in [2.75, 3.05) is 19.0 Å². The van der Waals surface area contributed by atoms with Crippen molar-refractivity contribution in [3.63, 3.8) is 0 Å². The highest BCUT2D eigenvalue weighted by molar-refractivity contribution is 7.89. The molecule has 0 bridgehead atoms. The third-order valence-corrected chi connectivity index (χ3v) is 4.64. The summed E-state index contributed by atoms with van der Waals surface area (Å²) >= 11 is 0. The highest BCUT2D eigenvalue weighted by Crippen LogP contribution is 2.39. The third-order valence-electron chi connectivity index (χ3n) is 3.13. The monoisotopic (exact) mass is 272 g/mol. The average Bonchev–Trinajstić information content (AvgIpc) is 3.07. The van der Waals surface area contributed by atoms with E-state index in [2.05, 4.69) is 9.71 Å². The number of sulfonamides is 1. The molecule has 0 saturated heterocycles. The molecule has 1 aliphatic rings. The van der Waals surface area contributed by atoms with Crippen molar-refractivity contribution >= 4 is 10.0 Å². The van der Waals surface area contributed by atoms with E-state index in [9.17, 15) is 12.8 Å². The van der Waals surface area contributed by atoms with Crippen molar-refractivity contribution in [3.8, 4) is 0 Å². The summed E-state index contributed by atoms with van der Waals surface area (Å²) in [5, 5.41) is 0. The van der Waals surface area contributed by atoms with Gasteiger partial charge in [0.25, 0.3) is 0 Å². The van der Waals surface area contributed by atoms with E-state index >= 15 is 0 Å². The van der Waals surface area contributed by atoms with E-state index in [1.165, 1.54) is 0 Å². The molecule has 1 heterocycles. The number of aromatic nitrogens is 1. The van der Waals surface area contributed by atoms with Crippen molar-refractivity contribution in [2.45, 2.75) is 12.8 Å². The molecule has 1 N–H and O–H groups in total. The van der Waals surface area contributed by atoms with Gasteiger partial charge in [0.05, 0.1) is 12.4 Å². The molecule has 0 radical (unpaired) electrons. The smallest absolute Gasteiger partial charge is 0.211 e. The number of hydrogen-bond acceptors (Lipinski definition) is 3. The predicted octanol–water partition coefficient (Wildman–Crippen LogP) is 1.15. The maximum Gasteiger partial charge on any atom is 0.211 e. The molecular formula is C12H17FN2O2S. The second-order valence-electron chi connectivity index (χ2n) is 4.66. The first-order chi connectivity index (χ1) is 8.61. The number of alkyl halides is 1. The Labute approximate surface area is 107 Å². The summed E-state index contributed by atoms with van der Waals surface area (Å²) in [5.74, 6) is 0.00351. The largest absolute Gasteiger partial charge is 0.261 e.